The van der Waals surface area contributed by atoms with Crippen LogP contribution in [0.25, 0.3) is 0 Å². The Morgan fingerprint density at radius 3 is 2.52 bits per heavy atom. The summed E-state index contributed by atoms with van der Waals surface area (Å²) < 4.78 is 5.07. The minimum absolute atomic E-state index is 0.0495. The van der Waals surface area contributed by atoms with E-state index in [1.165, 1.54) is 19.2 Å². The number of nitrogens with zero attached hydrogens (tertiary/aromatic N) is 1. The van der Waals surface area contributed by atoms with E-state index in [1.54, 1.807) is 0 Å². The monoisotopic (exact) mass is 383 g/mol. The lowest BCUT2D eigenvalue weighted by Gasteiger charge is -2.31. The van der Waals surface area contributed by atoms with Gasteiger partial charge in [-0.25, -0.2) is 0 Å². The third-order valence-corrected chi connectivity index (χ3v) is 4.84. The molecule has 6 nitrogen and oxygen atoms in total. The second kappa shape index (κ2) is 8.93. The number of hydrogen-bond donors (Lipinski definition) is 2. The molecule has 0 saturated heterocycles. The van der Waals surface area contributed by atoms with Crippen molar-refractivity contribution in [3.05, 3.63) is 27.7 Å². The lowest BCUT2D eigenvalue weighted by Crippen LogP contribution is -2.48. The predicted octanol–water partition coefficient (Wildman–Crippen LogP) is 2.93. The summed E-state index contributed by atoms with van der Waals surface area (Å²) in [5.41, 5.74) is 0.158. The van der Waals surface area contributed by atoms with Crippen molar-refractivity contribution < 1.29 is 14.3 Å². The predicted molar refractivity (Wildman–Crippen MR) is 94.8 cm³/mol. The molecule has 2 rings (SSSR count). The number of hydrogen-bond acceptors (Lipinski definition) is 4. The molecule has 8 heteroatoms. The molecule has 2 unspecified atom stereocenters. The Bertz CT molecular complexity index is 680. The number of nitrogens with one attached hydrogen (secondary N) is 2. The van der Waals surface area contributed by atoms with Gasteiger partial charge in [-0.15, -0.1) is 0 Å². The number of nitriles is 1. The van der Waals surface area contributed by atoms with Gasteiger partial charge < -0.3 is 15.4 Å². The van der Waals surface area contributed by atoms with Crippen LogP contribution in [-0.4, -0.2) is 31.5 Å². The molecule has 0 aliphatic heterocycles. The highest BCUT2D eigenvalue weighted by atomic mass is 35.5. The van der Waals surface area contributed by atoms with Crippen LogP contribution in [0.3, 0.4) is 0 Å². The van der Waals surface area contributed by atoms with Gasteiger partial charge >= 0.3 is 0 Å². The van der Waals surface area contributed by atoms with Crippen LogP contribution in [0, 0.1) is 17.2 Å². The largest absolute Gasteiger partial charge is 0.497 e. The summed E-state index contributed by atoms with van der Waals surface area (Å²) in [7, 11) is 1.48. The van der Waals surface area contributed by atoms with Crippen LogP contribution >= 0.6 is 23.2 Å². The first-order valence-corrected chi connectivity index (χ1v) is 8.72. The molecule has 1 aliphatic rings. The van der Waals surface area contributed by atoms with E-state index in [-0.39, 0.29) is 40.0 Å². The number of amides is 2. The molecule has 0 spiro atoms. The highest BCUT2D eigenvalue weighted by molar-refractivity contribution is 6.39. The maximum Gasteiger partial charge on any atom is 0.254 e. The number of ether oxygens (including phenoxy) is 1. The first-order valence-electron chi connectivity index (χ1n) is 7.96. The first-order chi connectivity index (χ1) is 12.0. The minimum Gasteiger partial charge on any atom is -0.497 e. The van der Waals surface area contributed by atoms with Gasteiger partial charge in [-0.2, -0.15) is 5.26 Å². The first kappa shape index (κ1) is 19.4. The molecular formula is C17H19Cl2N3O3. The number of carbonyl (C=O) groups excluding carboxylic acids is 2. The lowest BCUT2D eigenvalue weighted by atomic mass is 9.83. The van der Waals surface area contributed by atoms with E-state index in [2.05, 4.69) is 10.6 Å². The van der Waals surface area contributed by atoms with Crippen molar-refractivity contribution in [1.82, 2.24) is 10.6 Å². The van der Waals surface area contributed by atoms with Crippen LogP contribution in [0.2, 0.25) is 10.0 Å². The van der Waals surface area contributed by atoms with Crippen LogP contribution in [0.5, 0.6) is 5.75 Å². The van der Waals surface area contributed by atoms with Gasteiger partial charge in [0, 0.05) is 6.04 Å². The van der Waals surface area contributed by atoms with Crippen molar-refractivity contribution in [3.8, 4) is 11.8 Å². The molecule has 0 radical (unpaired) electrons. The number of halogens is 2. The smallest absolute Gasteiger partial charge is 0.254 e. The fourth-order valence-corrected chi connectivity index (χ4v) is 3.64. The maximum absolute atomic E-state index is 12.6. The van der Waals surface area contributed by atoms with Gasteiger partial charge in [0.25, 0.3) is 5.91 Å². The topological polar surface area (TPSA) is 91.2 Å². The van der Waals surface area contributed by atoms with Crippen LogP contribution in [0.4, 0.5) is 0 Å². The number of benzene rings is 1. The van der Waals surface area contributed by atoms with E-state index in [1.807, 2.05) is 6.07 Å². The zero-order chi connectivity index (χ0) is 18.4. The summed E-state index contributed by atoms with van der Waals surface area (Å²) in [5, 5.41) is 14.4. The van der Waals surface area contributed by atoms with E-state index >= 15 is 0 Å². The highest BCUT2D eigenvalue weighted by Crippen LogP contribution is 2.31. The molecule has 25 heavy (non-hydrogen) atoms. The van der Waals surface area contributed by atoms with Gasteiger partial charge in [-0.1, -0.05) is 36.0 Å². The van der Waals surface area contributed by atoms with Crippen LogP contribution in [0.15, 0.2) is 12.1 Å². The molecule has 1 saturated carbocycles. The maximum atomic E-state index is 12.6. The van der Waals surface area contributed by atoms with Crippen LogP contribution in [0.1, 0.15) is 36.0 Å². The molecule has 2 N–H and O–H groups in total. The van der Waals surface area contributed by atoms with Crippen LogP contribution < -0.4 is 15.4 Å². The number of methoxy groups -OCH3 is 1. The Hall–Kier alpha value is -1.97. The fourth-order valence-electron chi connectivity index (χ4n) is 3.00. The summed E-state index contributed by atoms with van der Waals surface area (Å²) in [6, 6.07) is 4.58. The molecule has 1 fully saturated rings. The normalized spacial score (nSPS) is 19.6. The Balaban J connectivity index is 2.15. The molecule has 1 aromatic carbocycles. The van der Waals surface area contributed by atoms with Gasteiger partial charge in [0.15, 0.2) is 0 Å². The standard InChI is InChI=1S/C17H19Cl2N3O3/c1-25-10-8-12(18)15(13(19)9-10)17(24)22-14-5-3-2-4-11(14)16(23)21-7-6-20/h8-9,11,14H,2-5,7H2,1H3,(H,21,23)(H,22,24). The summed E-state index contributed by atoms with van der Waals surface area (Å²) in [4.78, 5) is 24.9. The Morgan fingerprint density at radius 2 is 1.92 bits per heavy atom. The average molecular weight is 384 g/mol. The van der Waals surface area contributed by atoms with Gasteiger partial charge in [-0.3, -0.25) is 9.59 Å². The molecule has 1 aliphatic carbocycles. The Labute approximate surface area is 156 Å². The SMILES string of the molecule is COc1cc(Cl)c(C(=O)NC2CCCCC2C(=O)NCC#N)c(Cl)c1. The van der Waals surface area contributed by atoms with E-state index in [9.17, 15) is 9.59 Å². The van der Waals surface area contributed by atoms with Crippen molar-refractivity contribution in [2.24, 2.45) is 5.92 Å². The third-order valence-electron chi connectivity index (χ3n) is 4.24. The molecule has 2 amide bonds. The quantitative estimate of drug-likeness (QED) is 0.764. The van der Waals surface area contributed by atoms with Crippen molar-refractivity contribution >= 4 is 35.0 Å². The number of carbonyl (C=O) groups is 2. The summed E-state index contributed by atoms with van der Waals surface area (Å²) in [6.07, 6.45) is 3.16. The van der Waals surface area contributed by atoms with Crippen molar-refractivity contribution in [2.75, 3.05) is 13.7 Å². The van der Waals surface area contributed by atoms with Crippen LogP contribution in [-0.2, 0) is 4.79 Å². The van der Waals surface area contributed by atoms with E-state index in [0.717, 1.165) is 12.8 Å². The molecule has 134 valence electrons. The molecule has 0 aromatic heterocycles. The number of rotatable bonds is 5. The molecule has 0 bridgehead atoms. The van der Waals surface area contributed by atoms with Crippen molar-refractivity contribution in [1.29, 1.82) is 5.26 Å². The average Bonchev–Trinajstić information content (AvgIpc) is 2.59. The van der Waals surface area contributed by atoms with Crippen molar-refractivity contribution in [3.63, 3.8) is 0 Å². The highest BCUT2D eigenvalue weighted by Gasteiger charge is 2.32. The molecular weight excluding hydrogens is 365 g/mol. The molecule has 0 heterocycles. The van der Waals surface area contributed by atoms with Gasteiger partial charge in [0.2, 0.25) is 5.91 Å². The summed E-state index contributed by atoms with van der Waals surface area (Å²) >= 11 is 12.3. The molecule has 2 atom stereocenters. The third kappa shape index (κ3) is 4.77. The van der Waals surface area contributed by atoms with Gasteiger partial charge in [-0.05, 0) is 25.0 Å². The second-order valence-electron chi connectivity index (χ2n) is 5.81. The Kier molecular flexibility index (Phi) is 6.91. The zero-order valence-corrected chi connectivity index (χ0v) is 15.3. The van der Waals surface area contributed by atoms with E-state index in [4.69, 9.17) is 33.2 Å². The fraction of sp³-hybridized carbons (Fsp3) is 0.471. The Morgan fingerprint density at radius 1 is 1.28 bits per heavy atom. The summed E-state index contributed by atoms with van der Waals surface area (Å²) in [6.45, 7) is -0.0495. The summed E-state index contributed by atoms with van der Waals surface area (Å²) in [5.74, 6) is -0.569. The second-order valence-corrected chi connectivity index (χ2v) is 6.63. The van der Waals surface area contributed by atoms with Gasteiger partial charge in [0.05, 0.1) is 34.7 Å². The van der Waals surface area contributed by atoms with Gasteiger partial charge in [0.1, 0.15) is 12.3 Å². The van der Waals surface area contributed by atoms with E-state index < -0.39 is 5.91 Å². The lowest BCUT2D eigenvalue weighted by molar-refractivity contribution is -0.126. The minimum atomic E-state index is -0.428. The van der Waals surface area contributed by atoms with E-state index in [0.29, 0.717) is 18.6 Å². The zero-order valence-electron chi connectivity index (χ0n) is 13.8. The van der Waals surface area contributed by atoms with Crippen molar-refractivity contribution in [2.45, 2.75) is 31.7 Å². The molecule has 1 aromatic rings.